The van der Waals surface area contributed by atoms with Crippen LogP contribution in [0.4, 0.5) is 9.80 Å². The normalized spacial score (nSPS) is 18.5. The Morgan fingerprint density at radius 1 is 1.16 bits per heavy atom. The van der Waals surface area contributed by atoms with Gasteiger partial charge in [-0.15, -0.1) is 11.3 Å². The number of urea groups is 1. The van der Waals surface area contributed by atoms with Crippen LogP contribution in [0, 0.1) is 0 Å². The highest BCUT2D eigenvalue weighted by atomic mass is 32.1. The van der Waals surface area contributed by atoms with Crippen LogP contribution >= 0.6 is 11.3 Å². The van der Waals surface area contributed by atoms with Crippen molar-refractivity contribution >= 4 is 40.2 Å². The largest absolute Gasteiger partial charge is 0.462 e. The van der Waals surface area contributed by atoms with Gasteiger partial charge in [-0.1, -0.05) is 45.0 Å². The van der Waals surface area contributed by atoms with E-state index in [-0.39, 0.29) is 17.6 Å². The smallest absolute Gasteiger partial charge is 0.341 e. The molecular weight excluding hydrogens is 430 g/mol. The number of carbonyl (C=O) groups excluding carboxylic acids is 4. The van der Waals surface area contributed by atoms with E-state index in [1.165, 1.54) is 0 Å². The lowest BCUT2D eigenvalue weighted by molar-refractivity contribution is -0.133. The summed E-state index contributed by atoms with van der Waals surface area (Å²) >= 11 is 1.15. The van der Waals surface area contributed by atoms with Crippen LogP contribution < -0.4 is 10.6 Å². The number of esters is 1. The number of ether oxygens (including phenoxy) is 1. The molecule has 9 heteroatoms. The average Bonchev–Trinajstić information content (AvgIpc) is 3.26. The van der Waals surface area contributed by atoms with Crippen molar-refractivity contribution in [2.24, 2.45) is 0 Å². The van der Waals surface area contributed by atoms with Gasteiger partial charge < -0.3 is 15.4 Å². The number of benzene rings is 1. The van der Waals surface area contributed by atoms with Gasteiger partial charge in [0, 0.05) is 0 Å². The molecule has 1 aliphatic heterocycles. The van der Waals surface area contributed by atoms with E-state index in [4.69, 9.17) is 4.74 Å². The molecule has 0 radical (unpaired) electrons. The molecule has 2 N–H and O–H groups in total. The van der Waals surface area contributed by atoms with E-state index in [0.717, 1.165) is 21.8 Å². The highest BCUT2D eigenvalue weighted by molar-refractivity contribution is 7.14. The van der Waals surface area contributed by atoms with E-state index in [2.05, 4.69) is 31.4 Å². The minimum atomic E-state index is -1.27. The molecule has 0 saturated carbocycles. The first-order valence-corrected chi connectivity index (χ1v) is 11.1. The maximum Gasteiger partial charge on any atom is 0.341 e. The van der Waals surface area contributed by atoms with E-state index in [1.807, 2.05) is 24.3 Å². The van der Waals surface area contributed by atoms with Gasteiger partial charge in [-0.05, 0) is 41.8 Å². The minimum Gasteiger partial charge on any atom is -0.462 e. The molecule has 0 aliphatic carbocycles. The zero-order valence-corrected chi connectivity index (χ0v) is 19.6. The predicted molar refractivity (Wildman–Crippen MR) is 122 cm³/mol. The summed E-state index contributed by atoms with van der Waals surface area (Å²) in [4.78, 5) is 51.1. The van der Waals surface area contributed by atoms with E-state index < -0.39 is 35.9 Å². The molecule has 32 heavy (non-hydrogen) atoms. The van der Waals surface area contributed by atoms with Crippen LogP contribution in [0.15, 0.2) is 35.7 Å². The summed E-state index contributed by atoms with van der Waals surface area (Å²) in [6.07, 6.45) is 0. The first-order chi connectivity index (χ1) is 15.0. The molecule has 1 fully saturated rings. The molecule has 8 nitrogen and oxygen atoms in total. The molecule has 1 aromatic carbocycles. The second-order valence-corrected chi connectivity index (χ2v) is 9.62. The van der Waals surface area contributed by atoms with Crippen LogP contribution in [0.25, 0.3) is 0 Å². The summed E-state index contributed by atoms with van der Waals surface area (Å²) < 4.78 is 4.97. The number of thiophene rings is 1. The summed E-state index contributed by atoms with van der Waals surface area (Å²) in [5, 5.41) is 7.25. The van der Waals surface area contributed by atoms with Crippen molar-refractivity contribution < 1.29 is 23.9 Å². The number of rotatable bonds is 6. The molecular formula is C23H27N3O5S. The van der Waals surface area contributed by atoms with Crippen molar-refractivity contribution in [2.75, 3.05) is 18.5 Å². The zero-order valence-electron chi connectivity index (χ0n) is 18.8. The van der Waals surface area contributed by atoms with Crippen molar-refractivity contribution in [2.45, 2.75) is 45.6 Å². The Balaban J connectivity index is 1.73. The van der Waals surface area contributed by atoms with Crippen molar-refractivity contribution in [3.05, 3.63) is 52.4 Å². The van der Waals surface area contributed by atoms with Gasteiger partial charge in [0.25, 0.3) is 5.91 Å². The highest BCUT2D eigenvalue weighted by Crippen LogP contribution is 2.31. The van der Waals surface area contributed by atoms with E-state index in [0.29, 0.717) is 10.6 Å². The number of nitrogens with zero attached hydrogens (tertiary/aromatic N) is 1. The highest BCUT2D eigenvalue weighted by Gasteiger charge is 2.49. The fraction of sp³-hybridized carbons (Fsp3) is 0.391. The van der Waals surface area contributed by atoms with Gasteiger partial charge in [-0.3, -0.25) is 14.5 Å². The predicted octanol–water partition coefficient (Wildman–Crippen LogP) is 3.63. The number of hydrogen-bond acceptors (Lipinski definition) is 6. The number of amides is 4. The van der Waals surface area contributed by atoms with Gasteiger partial charge in [0.1, 0.15) is 17.1 Å². The van der Waals surface area contributed by atoms with Crippen LogP contribution in [-0.2, 0) is 25.3 Å². The third kappa shape index (κ3) is 4.52. The lowest BCUT2D eigenvalue weighted by atomic mass is 9.84. The topological polar surface area (TPSA) is 105 Å². The van der Waals surface area contributed by atoms with Crippen LogP contribution in [-0.4, -0.2) is 41.9 Å². The van der Waals surface area contributed by atoms with E-state index in [9.17, 15) is 19.2 Å². The first-order valence-electron chi connectivity index (χ1n) is 10.3. The van der Waals surface area contributed by atoms with Gasteiger partial charge in [0.2, 0.25) is 5.91 Å². The average molecular weight is 458 g/mol. The van der Waals surface area contributed by atoms with Gasteiger partial charge >= 0.3 is 12.0 Å². The Labute approximate surface area is 190 Å². The third-order valence-corrected chi connectivity index (χ3v) is 6.15. The molecule has 2 aromatic rings. The Bertz CT molecular complexity index is 1050. The Morgan fingerprint density at radius 2 is 1.81 bits per heavy atom. The van der Waals surface area contributed by atoms with Gasteiger partial charge in [0.05, 0.1) is 12.2 Å². The molecule has 1 saturated heterocycles. The van der Waals surface area contributed by atoms with Crippen LogP contribution in [0.2, 0.25) is 0 Å². The summed E-state index contributed by atoms with van der Waals surface area (Å²) in [5.41, 5.74) is 0.649. The Kier molecular flexibility index (Phi) is 6.41. The lowest BCUT2D eigenvalue weighted by Crippen LogP contribution is -2.42. The maximum absolute atomic E-state index is 13.1. The molecule has 1 aromatic heterocycles. The summed E-state index contributed by atoms with van der Waals surface area (Å²) in [6, 6.07) is 8.40. The fourth-order valence-corrected chi connectivity index (χ4v) is 4.22. The monoisotopic (exact) mass is 457 g/mol. The number of hydrogen-bond donors (Lipinski definition) is 2. The second-order valence-electron chi connectivity index (χ2n) is 8.71. The van der Waals surface area contributed by atoms with Crippen molar-refractivity contribution in [1.29, 1.82) is 0 Å². The minimum absolute atomic E-state index is 0.0450. The van der Waals surface area contributed by atoms with Crippen molar-refractivity contribution in [1.82, 2.24) is 10.2 Å². The maximum atomic E-state index is 13.1. The molecule has 1 aliphatic rings. The van der Waals surface area contributed by atoms with Crippen molar-refractivity contribution in [3.63, 3.8) is 0 Å². The van der Waals surface area contributed by atoms with Gasteiger partial charge in [-0.25, -0.2) is 9.59 Å². The number of carbonyl (C=O) groups is 4. The molecule has 1 atom stereocenters. The SMILES string of the molecule is CCOC(=O)c1ccsc1NC(=O)CN1C(=O)NC(C)(c2ccc(C(C)(C)C)cc2)C1=O. The van der Waals surface area contributed by atoms with E-state index in [1.54, 1.807) is 25.3 Å². The fourth-order valence-electron chi connectivity index (χ4n) is 3.43. The summed E-state index contributed by atoms with van der Waals surface area (Å²) in [7, 11) is 0. The van der Waals surface area contributed by atoms with Crippen LogP contribution in [0.1, 0.15) is 56.1 Å². The Morgan fingerprint density at radius 3 is 2.41 bits per heavy atom. The molecule has 3 rings (SSSR count). The Hall–Kier alpha value is -3.20. The third-order valence-electron chi connectivity index (χ3n) is 5.32. The number of nitrogens with one attached hydrogen (secondary N) is 2. The van der Waals surface area contributed by atoms with Gasteiger partial charge in [0.15, 0.2) is 0 Å². The second kappa shape index (κ2) is 8.74. The van der Waals surface area contributed by atoms with Crippen LogP contribution in [0.3, 0.4) is 0 Å². The molecule has 0 bridgehead atoms. The number of anilines is 1. The molecule has 2 heterocycles. The molecule has 4 amide bonds. The van der Waals surface area contributed by atoms with Crippen molar-refractivity contribution in [3.8, 4) is 0 Å². The number of imide groups is 1. The van der Waals surface area contributed by atoms with Crippen LogP contribution in [0.5, 0.6) is 0 Å². The van der Waals surface area contributed by atoms with Gasteiger partial charge in [-0.2, -0.15) is 0 Å². The molecule has 0 spiro atoms. The molecule has 170 valence electrons. The summed E-state index contributed by atoms with van der Waals surface area (Å²) in [5.74, 6) is -1.66. The molecule has 1 unspecified atom stereocenters. The summed E-state index contributed by atoms with van der Waals surface area (Å²) in [6.45, 7) is 9.32. The first kappa shape index (κ1) is 23.5. The zero-order chi connectivity index (χ0) is 23.7. The standard InChI is InChI=1S/C23H27N3O5S/c1-6-31-19(28)16-11-12-32-18(16)24-17(27)13-26-20(29)23(5,25-21(26)30)15-9-7-14(8-10-15)22(2,3)4/h7-12H,6,13H2,1-5H3,(H,24,27)(H,25,30). The van der Waals surface area contributed by atoms with E-state index >= 15 is 0 Å². The quantitative estimate of drug-likeness (QED) is 0.509. The lowest BCUT2D eigenvalue weighted by Gasteiger charge is -2.24.